The van der Waals surface area contributed by atoms with Crippen LogP contribution < -0.4 is 5.32 Å². The third-order valence-corrected chi connectivity index (χ3v) is 4.26. The van der Waals surface area contributed by atoms with Gasteiger partial charge in [0.05, 0.1) is 21.6 Å². The van der Waals surface area contributed by atoms with E-state index in [0.717, 1.165) is 18.4 Å². The molecule has 0 aromatic heterocycles. The van der Waals surface area contributed by atoms with Crippen molar-refractivity contribution in [2.24, 2.45) is 5.92 Å². The first-order chi connectivity index (χ1) is 11.1. The SMILES string of the molecule is O=C(NC(c1ccccc1)C1CC1)c1ccc([N+](=O)[O-])cc1Cl. The fourth-order valence-corrected chi connectivity index (χ4v) is 2.84. The minimum Gasteiger partial charge on any atom is -0.345 e. The summed E-state index contributed by atoms with van der Waals surface area (Å²) in [5.41, 5.74) is 1.17. The van der Waals surface area contributed by atoms with E-state index < -0.39 is 4.92 Å². The van der Waals surface area contributed by atoms with E-state index in [1.807, 2.05) is 30.3 Å². The molecule has 0 heterocycles. The van der Waals surface area contributed by atoms with Gasteiger partial charge in [-0.05, 0) is 30.4 Å². The highest BCUT2D eigenvalue weighted by Crippen LogP contribution is 2.41. The third kappa shape index (κ3) is 3.51. The van der Waals surface area contributed by atoms with Crippen molar-refractivity contribution in [3.05, 3.63) is 74.8 Å². The molecule has 1 aliphatic carbocycles. The number of halogens is 1. The van der Waals surface area contributed by atoms with Crippen LogP contribution in [0.5, 0.6) is 0 Å². The Morgan fingerprint density at radius 3 is 2.48 bits per heavy atom. The fourth-order valence-electron chi connectivity index (χ4n) is 2.58. The summed E-state index contributed by atoms with van der Waals surface area (Å²) in [7, 11) is 0. The van der Waals surface area contributed by atoms with Gasteiger partial charge in [0.15, 0.2) is 0 Å². The van der Waals surface area contributed by atoms with Crippen molar-refractivity contribution in [2.45, 2.75) is 18.9 Å². The first-order valence-electron chi connectivity index (χ1n) is 7.36. The van der Waals surface area contributed by atoms with Gasteiger partial charge >= 0.3 is 0 Å². The lowest BCUT2D eigenvalue weighted by Crippen LogP contribution is -2.30. The molecule has 1 amide bonds. The molecule has 1 aliphatic rings. The van der Waals surface area contributed by atoms with Gasteiger partial charge in [-0.2, -0.15) is 0 Å². The maximum atomic E-state index is 12.5. The first-order valence-corrected chi connectivity index (χ1v) is 7.74. The van der Waals surface area contributed by atoms with Crippen LogP contribution in [0.25, 0.3) is 0 Å². The highest BCUT2D eigenvalue weighted by atomic mass is 35.5. The molecule has 0 aliphatic heterocycles. The zero-order chi connectivity index (χ0) is 16.4. The number of non-ortho nitro benzene ring substituents is 1. The minimum absolute atomic E-state index is 0.0602. The average molecular weight is 331 g/mol. The lowest BCUT2D eigenvalue weighted by Gasteiger charge is -2.19. The van der Waals surface area contributed by atoms with Crippen molar-refractivity contribution < 1.29 is 9.72 Å². The first kappa shape index (κ1) is 15.5. The average Bonchev–Trinajstić information content (AvgIpc) is 3.37. The van der Waals surface area contributed by atoms with Gasteiger partial charge in [-0.15, -0.1) is 0 Å². The summed E-state index contributed by atoms with van der Waals surface area (Å²) < 4.78 is 0. The summed E-state index contributed by atoms with van der Waals surface area (Å²) in [5.74, 6) is 0.115. The number of benzene rings is 2. The molecule has 23 heavy (non-hydrogen) atoms. The number of nitro groups is 1. The van der Waals surface area contributed by atoms with Crippen molar-refractivity contribution in [2.75, 3.05) is 0 Å². The number of carbonyl (C=O) groups is 1. The summed E-state index contributed by atoms with van der Waals surface area (Å²) in [6.45, 7) is 0. The number of nitrogens with one attached hydrogen (secondary N) is 1. The number of hydrogen-bond acceptors (Lipinski definition) is 3. The van der Waals surface area contributed by atoms with Gasteiger partial charge in [0.2, 0.25) is 0 Å². The fraction of sp³-hybridized carbons (Fsp3) is 0.235. The van der Waals surface area contributed by atoms with Crippen molar-refractivity contribution in [1.29, 1.82) is 0 Å². The highest BCUT2D eigenvalue weighted by molar-refractivity contribution is 6.34. The second-order valence-corrected chi connectivity index (χ2v) is 6.03. The van der Waals surface area contributed by atoms with Crippen LogP contribution in [-0.4, -0.2) is 10.8 Å². The van der Waals surface area contributed by atoms with E-state index in [4.69, 9.17) is 11.6 Å². The number of nitrogens with zero attached hydrogens (tertiary/aromatic N) is 1. The normalized spacial score (nSPS) is 15.0. The molecule has 1 atom stereocenters. The summed E-state index contributed by atoms with van der Waals surface area (Å²) in [6, 6.07) is 13.6. The van der Waals surface area contributed by atoms with Gasteiger partial charge in [-0.25, -0.2) is 0 Å². The van der Waals surface area contributed by atoms with Crippen molar-refractivity contribution in [1.82, 2.24) is 5.32 Å². The number of carbonyl (C=O) groups excluding carboxylic acids is 1. The lowest BCUT2D eigenvalue weighted by molar-refractivity contribution is -0.384. The van der Waals surface area contributed by atoms with Crippen LogP contribution in [0.2, 0.25) is 5.02 Å². The summed E-state index contributed by atoms with van der Waals surface area (Å²) >= 11 is 6.03. The Labute approximate surface area is 138 Å². The monoisotopic (exact) mass is 330 g/mol. The standard InChI is InChI=1S/C17H15ClN2O3/c18-15-10-13(20(22)23)8-9-14(15)17(21)19-16(12-6-7-12)11-4-2-1-3-5-11/h1-5,8-10,12,16H,6-7H2,(H,19,21). The zero-order valence-electron chi connectivity index (χ0n) is 12.2. The van der Waals surface area contributed by atoms with E-state index >= 15 is 0 Å². The molecule has 6 heteroatoms. The van der Waals surface area contributed by atoms with Crippen molar-refractivity contribution >= 4 is 23.2 Å². The largest absolute Gasteiger partial charge is 0.345 e. The Bertz CT molecular complexity index is 745. The highest BCUT2D eigenvalue weighted by Gasteiger charge is 2.33. The van der Waals surface area contributed by atoms with Crippen molar-refractivity contribution in [3.63, 3.8) is 0 Å². The molecule has 0 saturated heterocycles. The summed E-state index contributed by atoms with van der Waals surface area (Å²) in [5, 5.41) is 13.8. The van der Waals surface area contributed by atoms with E-state index in [1.54, 1.807) is 0 Å². The molecule has 0 spiro atoms. The Kier molecular flexibility index (Phi) is 4.30. The van der Waals surface area contributed by atoms with Crippen LogP contribution in [0.1, 0.15) is 34.8 Å². The van der Waals surface area contributed by atoms with Crippen LogP contribution in [-0.2, 0) is 0 Å². The van der Waals surface area contributed by atoms with E-state index in [0.29, 0.717) is 5.92 Å². The molecule has 0 bridgehead atoms. The Morgan fingerprint density at radius 1 is 1.22 bits per heavy atom. The van der Waals surface area contributed by atoms with Crippen LogP contribution >= 0.6 is 11.6 Å². The lowest BCUT2D eigenvalue weighted by atomic mass is 10.0. The van der Waals surface area contributed by atoms with Gasteiger partial charge in [0, 0.05) is 12.1 Å². The zero-order valence-corrected chi connectivity index (χ0v) is 13.0. The molecule has 5 nitrogen and oxygen atoms in total. The number of hydrogen-bond donors (Lipinski definition) is 1. The van der Waals surface area contributed by atoms with Gasteiger partial charge in [0.1, 0.15) is 0 Å². The molecule has 2 aromatic rings. The molecule has 1 N–H and O–H groups in total. The Hall–Kier alpha value is -2.40. The second-order valence-electron chi connectivity index (χ2n) is 5.62. The van der Waals surface area contributed by atoms with Crippen molar-refractivity contribution in [3.8, 4) is 0 Å². The predicted octanol–water partition coefficient (Wildman–Crippen LogP) is 4.13. The van der Waals surface area contributed by atoms with Crippen LogP contribution in [0.3, 0.4) is 0 Å². The molecule has 118 valence electrons. The van der Waals surface area contributed by atoms with Gasteiger partial charge in [0.25, 0.3) is 11.6 Å². The van der Waals surface area contributed by atoms with E-state index in [-0.39, 0.29) is 28.2 Å². The summed E-state index contributed by atoms with van der Waals surface area (Å²) in [4.78, 5) is 22.7. The van der Waals surface area contributed by atoms with Gasteiger partial charge in [-0.3, -0.25) is 14.9 Å². The quantitative estimate of drug-likeness (QED) is 0.661. The number of amides is 1. The molecule has 1 fully saturated rings. The topological polar surface area (TPSA) is 72.2 Å². The van der Waals surface area contributed by atoms with E-state index in [2.05, 4.69) is 5.32 Å². The van der Waals surface area contributed by atoms with Gasteiger partial charge in [-0.1, -0.05) is 41.9 Å². The smallest absolute Gasteiger partial charge is 0.270 e. The van der Waals surface area contributed by atoms with Crippen LogP contribution in [0.4, 0.5) is 5.69 Å². The molecular weight excluding hydrogens is 316 g/mol. The molecule has 2 aromatic carbocycles. The predicted molar refractivity (Wildman–Crippen MR) is 87.5 cm³/mol. The molecular formula is C17H15ClN2O3. The molecule has 0 radical (unpaired) electrons. The molecule has 1 saturated carbocycles. The maximum absolute atomic E-state index is 12.5. The second kappa shape index (κ2) is 6.38. The van der Waals surface area contributed by atoms with E-state index in [1.165, 1.54) is 18.2 Å². The number of nitro benzene ring substituents is 1. The minimum atomic E-state index is -0.537. The van der Waals surface area contributed by atoms with E-state index in [9.17, 15) is 14.9 Å². The Morgan fingerprint density at radius 2 is 1.91 bits per heavy atom. The molecule has 3 rings (SSSR count). The third-order valence-electron chi connectivity index (χ3n) is 3.95. The van der Waals surface area contributed by atoms with Crippen LogP contribution in [0.15, 0.2) is 48.5 Å². The maximum Gasteiger partial charge on any atom is 0.270 e. The number of rotatable bonds is 5. The van der Waals surface area contributed by atoms with Crippen LogP contribution in [0, 0.1) is 16.0 Å². The Balaban J connectivity index is 1.81. The molecule has 1 unspecified atom stereocenters. The van der Waals surface area contributed by atoms with Gasteiger partial charge < -0.3 is 5.32 Å². The summed E-state index contributed by atoms with van der Waals surface area (Å²) in [6.07, 6.45) is 2.15.